The second-order valence-electron chi connectivity index (χ2n) is 9.38. The van der Waals surface area contributed by atoms with E-state index in [4.69, 9.17) is 0 Å². The van der Waals surface area contributed by atoms with Gasteiger partial charge in [-0.2, -0.15) is 0 Å². The van der Waals surface area contributed by atoms with Gasteiger partial charge in [-0.25, -0.2) is 4.79 Å². The fourth-order valence-electron chi connectivity index (χ4n) is 4.17. The molecule has 1 atom stereocenters. The van der Waals surface area contributed by atoms with Gasteiger partial charge in [-0.15, -0.1) is 0 Å². The van der Waals surface area contributed by atoms with E-state index in [1.807, 2.05) is 0 Å². The Kier molecular flexibility index (Phi) is 17.1. The number of nitrogens with one attached hydrogen (secondary N) is 1. The highest BCUT2D eigenvalue weighted by Crippen LogP contribution is 2.14. The van der Waals surface area contributed by atoms with E-state index in [1.54, 1.807) is 12.1 Å². The number of phenolic OH excluding ortho intramolecular Hbond substituents is 1. The summed E-state index contributed by atoms with van der Waals surface area (Å²) in [4.78, 5) is 23.6. The molecule has 33 heavy (non-hydrogen) atoms. The van der Waals surface area contributed by atoms with Gasteiger partial charge in [0.15, 0.2) is 0 Å². The van der Waals surface area contributed by atoms with Crippen LogP contribution in [-0.4, -0.2) is 28.1 Å². The van der Waals surface area contributed by atoms with Crippen LogP contribution in [0.2, 0.25) is 0 Å². The highest BCUT2D eigenvalue weighted by molar-refractivity contribution is 5.83. The van der Waals surface area contributed by atoms with E-state index in [1.165, 1.54) is 95.6 Å². The molecule has 5 heteroatoms. The number of carbonyl (C=O) groups is 2. The molecule has 0 aliphatic rings. The summed E-state index contributed by atoms with van der Waals surface area (Å²) in [6.45, 7) is 2.26. The number of hydrogen-bond acceptors (Lipinski definition) is 3. The number of carbonyl (C=O) groups excluding carboxylic acids is 1. The van der Waals surface area contributed by atoms with E-state index in [9.17, 15) is 19.8 Å². The van der Waals surface area contributed by atoms with Gasteiger partial charge in [-0.3, -0.25) is 4.79 Å². The maximum Gasteiger partial charge on any atom is 0.326 e. The molecule has 1 amide bonds. The second-order valence-corrected chi connectivity index (χ2v) is 9.38. The lowest BCUT2D eigenvalue weighted by Gasteiger charge is -2.14. The minimum Gasteiger partial charge on any atom is -0.508 e. The van der Waals surface area contributed by atoms with Crippen molar-refractivity contribution in [3.63, 3.8) is 0 Å². The monoisotopic (exact) mass is 461 g/mol. The molecule has 0 spiro atoms. The van der Waals surface area contributed by atoms with E-state index in [0.29, 0.717) is 6.42 Å². The highest BCUT2D eigenvalue weighted by Gasteiger charge is 2.20. The Morgan fingerprint density at radius 1 is 0.727 bits per heavy atom. The molecular weight excluding hydrogens is 414 g/mol. The first-order valence-electron chi connectivity index (χ1n) is 13.3. The number of carboxylic acid groups (broad SMARTS) is 1. The van der Waals surface area contributed by atoms with Gasteiger partial charge in [-0.05, 0) is 24.1 Å². The molecule has 1 rings (SSSR count). The number of phenols is 1. The topological polar surface area (TPSA) is 86.6 Å². The van der Waals surface area contributed by atoms with Crippen LogP contribution in [0.15, 0.2) is 24.3 Å². The van der Waals surface area contributed by atoms with Gasteiger partial charge in [0.05, 0.1) is 0 Å². The Hall–Kier alpha value is -2.04. The molecule has 3 N–H and O–H groups in total. The maximum atomic E-state index is 12.1. The molecule has 0 unspecified atom stereocenters. The van der Waals surface area contributed by atoms with Crippen molar-refractivity contribution in [3.05, 3.63) is 29.8 Å². The summed E-state index contributed by atoms with van der Waals surface area (Å²) in [5.74, 6) is -1.10. The van der Waals surface area contributed by atoms with Crippen molar-refractivity contribution in [1.29, 1.82) is 0 Å². The highest BCUT2D eigenvalue weighted by atomic mass is 16.4. The Morgan fingerprint density at radius 3 is 1.58 bits per heavy atom. The number of aliphatic carboxylic acids is 1. The summed E-state index contributed by atoms with van der Waals surface area (Å²) < 4.78 is 0. The minimum atomic E-state index is -1.04. The SMILES string of the molecule is CCCCCCCCCCCCCCCCCCC(=O)N[C@H](Cc1ccc(O)cc1)C(=O)O. The summed E-state index contributed by atoms with van der Waals surface area (Å²) >= 11 is 0. The Bertz CT molecular complexity index is 629. The van der Waals surface area contributed by atoms with Crippen molar-refractivity contribution in [2.75, 3.05) is 0 Å². The van der Waals surface area contributed by atoms with E-state index in [-0.39, 0.29) is 18.1 Å². The summed E-state index contributed by atoms with van der Waals surface area (Å²) in [6, 6.07) is 5.45. The fraction of sp³-hybridized carbons (Fsp3) is 0.714. The molecule has 0 aliphatic heterocycles. The van der Waals surface area contributed by atoms with Gasteiger partial charge >= 0.3 is 5.97 Å². The third-order valence-electron chi connectivity index (χ3n) is 6.27. The lowest BCUT2D eigenvalue weighted by molar-refractivity contribution is -0.141. The summed E-state index contributed by atoms with van der Waals surface area (Å²) in [7, 11) is 0. The van der Waals surface area contributed by atoms with Gasteiger partial charge < -0.3 is 15.5 Å². The number of aromatic hydroxyl groups is 1. The van der Waals surface area contributed by atoms with Crippen LogP contribution < -0.4 is 5.32 Å². The van der Waals surface area contributed by atoms with Crippen molar-refractivity contribution >= 4 is 11.9 Å². The zero-order valence-corrected chi connectivity index (χ0v) is 20.8. The van der Waals surface area contributed by atoms with Gasteiger partial charge in [0, 0.05) is 12.8 Å². The Balaban J connectivity index is 1.96. The van der Waals surface area contributed by atoms with Crippen molar-refractivity contribution < 1.29 is 19.8 Å². The van der Waals surface area contributed by atoms with Crippen LogP contribution in [0.3, 0.4) is 0 Å². The number of amides is 1. The molecule has 0 fully saturated rings. The summed E-state index contributed by atoms with van der Waals surface area (Å²) in [5, 5.41) is 21.3. The first-order chi connectivity index (χ1) is 16.0. The van der Waals surface area contributed by atoms with E-state index in [0.717, 1.165) is 24.8 Å². The maximum absolute atomic E-state index is 12.1. The molecule has 1 aromatic rings. The van der Waals surface area contributed by atoms with Gasteiger partial charge in [0.1, 0.15) is 11.8 Å². The molecular formula is C28H47NO4. The van der Waals surface area contributed by atoms with E-state index in [2.05, 4.69) is 12.2 Å². The van der Waals surface area contributed by atoms with Crippen LogP contribution in [-0.2, 0) is 16.0 Å². The molecule has 0 saturated carbocycles. The van der Waals surface area contributed by atoms with Crippen LogP contribution >= 0.6 is 0 Å². The predicted octanol–water partition coefficient (Wildman–Crippen LogP) is 7.16. The van der Waals surface area contributed by atoms with Crippen molar-refractivity contribution in [2.45, 2.75) is 129 Å². The average molecular weight is 462 g/mol. The van der Waals surface area contributed by atoms with Crippen LogP contribution in [0.1, 0.15) is 122 Å². The molecule has 0 aliphatic carbocycles. The lowest BCUT2D eigenvalue weighted by atomic mass is 10.0. The predicted molar refractivity (Wildman–Crippen MR) is 136 cm³/mol. The van der Waals surface area contributed by atoms with Gasteiger partial charge in [0.2, 0.25) is 5.91 Å². The largest absolute Gasteiger partial charge is 0.508 e. The molecule has 0 aromatic heterocycles. The number of hydrogen-bond donors (Lipinski definition) is 3. The van der Waals surface area contributed by atoms with Crippen LogP contribution in [0, 0.1) is 0 Å². The zero-order chi connectivity index (χ0) is 24.2. The Labute approximate surface area is 201 Å². The number of carboxylic acids is 1. The first-order valence-corrected chi connectivity index (χ1v) is 13.3. The van der Waals surface area contributed by atoms with Crippen molar-refractivity contribution in [1.82, 2.24) is 5.32 Å². The van der Waals surface area contributed by atoms with Crippen LogP contribution in [0.5, 0.6) is 5.75 Å². The van der Waals surface area contributed by atoms with Crippen LogP contribution in [0.4, 0.5) is 0 Å². The smallest absolute Gasteiger partial charge is 0.326 e. The molecule has 188 valence electrons. The standard InChI is InChI=1S/C28H47NO4/c1-2-3-4-5-6-7-8-9-10-11-12-13-14-15-16-17-18-27(31)29-26(28(32)33)23-24-19-21-25(30)22-20-24/h19-22,26,30H,2-18,23H2,1H3,(H,29,31)(H,32,33)/t26-/m1/s1. The third kappa shape index (κ3) is 16.3. The first kappa shape index (κ1) is 29.0. The minimum absolute atomic E-state index is 0.137. The molecule has 0 radical (unpaired) electrons. The summed E-state index contributed by atoms with van der Waals surface area (Å²) in [5.41, 5.74) is 0.767. The zero-order valence-electron chi connectivity index (χ0n) is 20.8. The molecule has 5 nitrogen and oxygen atoms in total. The quantitative estimate of drug-likeness (QED) is 0.170. The average Bonchev–Trinajstić information content (AvgIpc) is 2.79. The van der Waals surface area contributed by atoms with Gasteiger partial charge in [-0.1, -0.05) is 115 Å². The molecule has 0 bridgehead atoms. The van der Waals surface area contributed by atoms with E-state index < -0.39 is 12.0 Å². The summed E-state index contributed by atoms with van der Waals surface area (Å²) in [6.07, 6.45) is 21.2. The van der Waals surface area contributed by atoms with Crippen LogP contribution in [0.25, 0.3) is 0 Å². The van der Waals surface area contributed by atoms with Crippen molar-refractivity contribution in [3.8, 4) is 5.75 Å². The lowest BCUT2D eigenvalue weighted by Crippen LogP contribution is -2.42. The molecule has 0 saturated heterocycles. The Morgan fingerprint density at radius 2 is 1.15 bits per heavy atom. The normalized spacial score (nSPS) is 11.9. The fourth-order valence-corrected chi connectivity index (χ4v) is 4.17. The third-order valence-corrected chi connectivity index (χ3v) is 6.27. The number of rotatable bonds is 21. The number of benzene rings is 1. The molecule has 0 heterocycles. The second kappa shape index (κ2) is 19.4. The molecule has 1 aromatic carbocycles. The van der Waals surface area contributed by atoms with Crippen molar-refractivity contribution in [2.24, 2.45) is 0 Å². The number of unbranched alkanes of at least 4 members (excludes halogenated alkanes) is 15. The van der Waals surface area contributed by atoms with E-state index >= 15 is 0 Å². The van der Waals surface area contributed by atoms with Gasteiger partial charge in [0.25, 0.3) is 0 Å².